The number of aromatic nitrogens is 3. The molecule has 250 valence electrons. The topological polar surface area (TPSA) is 121 Å². The molecule has 4 amide bonds. The second-order valence-corrected chi connectivity index (χ2v) is 14.8. The molecule has 5 heterocycles. The number of nitrogens with zero attached hydrogens (tertiary/aromatic N) is 5. The SMILES string of the molecule is CC1(C)CCc2c(-c3cc4ccc(C(=O)N5CCN(CC6CCN(c7ccc(N8CCC(=O)NC8=O)cc7)C6)CC5)cc4[nH]3)n[nH]c2C1. The van der Waals surface area contributed by atoms with Gasteiger partial charge in [-0.1, -0.05) is 19.9 Å². The molecule has 3 N–H and O–H groups in total. The van der Waals surface area contributed by atoms with Crippen LogP contribution in [0.4, 0.5) is 16.2 Å². The number of anilines is 2. The highest BCUT2D eigenvalue weighted by Gasteiger charge is 2.31. The summed E-state index contributed by atoms with van der Waals surface area (Å²) in [6.45, 7) is 11.3. The van der Waals surface area contributed by atoms with Gasteiger partial charge in [-0.25, -0.2) is 4.79 Å². The number of imide groups is 1. The standard InChI is InChI=1S/C37H44N8O3/c1-37(2)12-9-29-32(21-37)40-41-34(29)31-19-25-3-4-26(20-30(25)38-31)35(47)43-17-15-42(16-18-43)22-24-10-13-44(23-24)27-5-7-28(8-6-27)45-14-11-33(46)39-36(45)48/h3-8,19-20,24,38H,9-18,21-23H2,1-2H3,(H,40,41)(H,39,46,48). The van der Waals surface area contributed by atoms with Gasteiger partial charge in [0.15, 0.2) is 0 Å². The molecule has 0 saturated carbocycles. The number of urea groups is 1. The number of piperazine rings is 1. The maximum atomic E-state index is 13.6. The first kappa shape index (κ1) is 30.7. The highest BCUT2D eigenvalue weighted by atomic mass is 16.2. The molecule has 11 nitrogen and oxygen atoms in total. The molecule has 3 fully saturated rings. The molecule has 0 radical (unpaired) electrons. The Morgan fingerprint density at radius 2 is 1.73 bits per heavy atom. The van der Waals surface area contributed by atoms with Gasteiger partial charge in [0, 0.05) is 97.9 Å². The van der Waals surface area contributed by atoms with E-state index in [1.807, 2.05) is 35.2 Å². The molecule has 4 aliphatic rings. The summed E-state index contributed by atoms with van der Waals surface area (Å²) >= 11 is 0. The van der Waals surface area contributed by atoms with Gasteiger partial charge >= 0.3 is 6.03 Å². The first-order chi connectivity index (χ1) is 23.2. The average molecular weight is 649 g/mol. The lowest BCUT2D eigenvalue weighted by atomic mass is 9.76. The largest absolute Gasteiger partial charge is 0.371 e. The van der Waals surface area contributed by atoms with Crippen LogP contribution in [0.25, 0.3) is 22.3 Å². The molecule has 2 aromatic heterocycles. The molecule has 0 spiro atoms. The van der Waals surface area contributed by atoms with Crippen molar-refractivity contribution in [3.05, 3.63) is 65.4 Å². The Bertz CT molecular complexity index is 1870. The van der Waals surface area contributed by atoms with Crippen molar-refractivity contribution >= 4 is 40.1 Å². The molecule has 0 bridgehead atoms. The zero-order valence-corrected chi connectivity index (χ0v) is 27.8. The van der Waals surface area contributed by atoms with E-state index in [-0.39, 0.29) is 17.8 Å². The Hall–Kier alpha value is -4.64. The van der Waals surface area contributed by atoms with Crippen molar-refractivity contribution in [2.24, 2.45) is 11.3 Å². The number of benzene rings is 2. The monoisotopic (exact) mass is 648 g/mol. The fraction of sp³-hybridized carbons (Fsp3) is 0.459. The van der Waals surface area contributed by atoms with E-state index in [1.165, 1.54) is 11.3 Å². The number of nitrogens with one attached hydrogen (secondary N) is 3. The second kappa shape index (κ2) is 12.1. The highest BCUT2D eigenvalue weighted by Crippen LogP contribution is 2.38. The van der Waals surface area contributed by atoms with Crippen LogP contribution in [0.3, 0.4) is 0 Å². The quantitative estimate of drug-likeness (QED) is 0.276. The molecule has 48 heavy (non-hydrogen) atoms. The normalized spacial score (nSPS) is 21.5. The van der Waals surface area contributed by atoms with E-state index in [9.17, 15) is 14.4 Å². The van der Waals surface area contributed by atoms with Crippen molar-refractivity contribution in [1.82, 2.24) is 30.3 Å². The van der Waals surface area contributed by atoms with Crippen LogP contribution in [0.1, 0.15) is 54.7 Å². The lowest BCUT2D eigenvalue weighted by Crippen LogP contribution is -2.50. The first-order valence-corrected chi connectivity index (χ1v) is 17.4. The van der Waals surface area contributed by atoms with Crippen molar-refractivity contribution in [3.8, 4) is 11.4 Å². The zero-order chi connectivity index (χ0) is 33.0. The van der Waals surface area contributed by atoms with Crippen LogP contribution in [0.15, 0.2) is 48.5 Å². The van der Waals surface area contributed by atoms with Crippen molar-refractivity contribution in [2.75, 3.05) is 62.2 Å². The minimum Gasteiger partial charge on any atom is -0.371 e. The number of hydrogen-bond donors (Lipinski definition) is 3. The van der Waals surface area contributed by atoms with Gasteiger partial charge in [-0.05, 0) is 79.5 Å². The minimum absolute atomic E-state index is 0.0937. The third-order valence-corrected chi connectivity index (χ3v) is 10.8. The molecule has 1 atom stereocenters. The van der Waals surface area contributed by atoms with Crippen molar-refractivity contribution in [2.45, 2.75) is 46.0 Å². The summed E-state index contributed by atoms with van der Waals surface area (Å²) in [5.74, 6) is 0.443. The van der Waals surface area contributed by atoms with E-state index in [2.05, 4.69) is 62.3 Å². The highest BCUT2D eigenvalue weighted by molar-refractivity contribution is 6.05. The molecule has 8 rings (SSSR count). The second-order valence-electron chi connectivity index (χ2n) is 14.8. The van der Waals surface area contributed by atoms with Crippen LogP contribution in [0.5, 0.6) is 0 Å². The van der Waals surface area contributed by atoms with Gasteiger partial charge in [0.25, 0.3) is 5.91 Å². The summed E-state index contributed by atoms with van der Waals surface area (Å²) in [7, 11) is 0. The molecule has 11 heteroatoms. The van der Waals surface area contributed by atoms with Crippen LogP contribution < -0.4 is 15.1 Å². The Labute approximate surface area is 280 Å². The van der Waals surface area contributed by atoms with Gasteiger partial charge in [-0.2, -0.15) is 5.10 Å². The number of carbonyl (C=O) groups excluding carboxylic acids is 3. The first-order valence-electron chi connectivity index (χ1n) is 17.4. The summed E-state index contributed by atoms with van der Waals surface area (Å²) in [5.41, 5.74) is 8.53. The van der Waals surface area contributed by atoms with Gasteiger partial charge in [-0.3, -0.25) is 29.8 Å². The number of carbonyl (C=O) groups is 3. The lowest BCUT2D eigenvalue weighted by Gasteiger charge is -2.36. The van der Waals surface area contributed by atoms with E-state index < -0.39 is 0 Å². The average Bonchev–Trinajstić information content (AvgIpc) is 3.82. The molecule has 3 saturated heterocycles. The van der Waals surface area contributed by atoms with Crippen molar-refractivity contribution in [3.63, 3.8) is 0 Å². The summed E-state index contributed by atoms with van der Waals surface area (Å²) in [5, 5.41) is 11.5. The van der Waals surface area contributed by atoms with E-state index in [0.717, 1.165) is 111 Å². The van der Waals surface area contributed by atoms with Crippen LogP contribution in [-0.2, 0) is 17.6 Å². The van der Waals surface area contributed by atoms with Gasteiger partial charge < -0.3 is 14.8 Å². The lowest BCUT2D eigenvalue weighted by molar-refractivity contribution is -0.120. The summed E-state index contributed by atoms with van der Waals surface area (Å²) in [6.07, 6.45) is 4.65. The molecular weight excluding hydrogens is 604 g/mol. The maximum Gasteiger partial charge on any atom is 0.328 e. The van der Waals surface area contributed by atoms with Crippen LogP contribution in [0, 0.1) is 11.3 Å². The zero-order valence-electron chi connectivity index (χ0n) is 27.8. The van der Waals surface area contributed by atoms with Gasteiger partial charge in [0.05, 0.1) is 5.69 Å². The van der Waals surface area contributed by atoms with E-state index in [0.29, 0.717) is 24.3 Å². The molecular formula is C37H44N8O3. The van der Waals surface area contributed by atoms with Gasteiger partial charge in [-0.15, -0.1) is 0 Å². The Kier molecular flexibility index (Phi) is 7.74. The molecule has 4 aromatic rings. The van der Waals surface area contributed by atoms with Crippen LogP contribution >= 0.6 is 0 Å². The van der Waals surface area contributed by atoms with E-state index in [1.54, 1.807) is 4.90 Å². The summed E-state index contributed by atoms with van der Waals surface area (Å²) in [4.78, 5) is 49.3. The Morgan fingerprint density at radius 1 is 0.938 bits per heavy atom. The Morgan fingerprint density at radius 3 is 2.52 bits per heavy atom. The van der Waals surface area contributed by atoms with Crippen LogP contribution in [-0.4, -0.2) is 95.2 Å². The smallest absolute Gasteiger partial charge is 0.328 e. The van der Waals surface area contributed by atoms with Crippen LogP contribution in [0.2, 0.25) is 0 Å². The fourth-order valence-electron chi connectivity index (χ4n) is 8.01. The Balaban J connectivity index is 0.842. The van der Waals surface area contributed by atoms with Gasteiger partial charge in [0.2, 0.25) is 5.91 Å². The third-order valence-electron chi connectivity index (χ3n) is 10.8. The molecule has 1 unspecified atom stereocenters. The number of H-pyrrole nitrogens is 2. The number of rotatable bonds is 6. The fourth-order valence-corrected chi connectivity index (χ4v) is 8.01. The number of amides is 4. The maximum absolute atomic E-state index is 13.6. The predicted molar refractivity (Wildman–Crippen MR) is 186 cm³/mol. The summed E-state index contributed by atoms with van der Waals surface area (Å²) < 4.78 is 0. The molecule has 2 aromatic carbocycles. The third kappa shape index (κ3) is 5.96. The minimum atomic E-state index is -0.356. The number of fused-ring (bicyclic) bond motifs is 2. The summed E-state index contributed by atoms with van der Waals surface area (Å²) in [6, 6.07) is 15.9. The number of hydrogen-bond acceptors (Lipinski definition) is 6. The molecule has 1 aliphatic carbocycles. The van der Waals surface area contributed by atoms with Crippen molar-refractivity contribution in [1.29, 1.82) is 0 Å². The van der Waals surface area contributed by atoms with Crippen molar-refractivity contribution < 1.29 is 14.4 Å². The predicted octanol–water partition coefficient (Wildman–Crippen LogP) is 4.80. The van der Waals surface area contributed by atoms with E-state index in [4.69, 9.17) is 0 Å². The number of aromatic amines is 2. The van der Waals surface area contributed by atoms with Gasteiger partial charge in [0.1, 0.15) is 5.69 Å². The molecule has 3 aliphatic heterocycles. The van der Waals surface area contributed by atoms with E-state index >= 15 is 0 Å².